The molecule has 0 aliphatic carbocycles. The van der Waals surface area contributed by atoms with E-state index in [4.69, 9.17) is 37.0 Å². The number of hydrogen-bond acceptors (Lipinski definition) is 15. The Morgan fingerprint density at radius 2 is 0.469 bits per heavy atom. The van der Waals surface area contributed by atoms with Crippen LogP contribution in [0.1, 0.15) is 408 Å². The third kappa shape index (κ3) is 72.4. The zero-order valence-corrected chi connectivity index (χ0v) is 66.0. The van der Waals surface area contributed by atoms with E-state index in [1.165, 1.54) is 212 Å². The van der Waals surface area contributed by atoms with Crippen molar-refractivity contribution in [1.29, 1.82) is 0 Å². The Morgan fingerprint density at radius 1 is 0.276 bits per heavy atom. The van der Waals surface area contributed by atoms with E-state index in [0.29, 0.717) is 31.6 Å². The molecule has 0 heterocycles. The van der Waals surface area contributed by atoms with Crippen molar-refractivity contribution in [2.24, 2.45) is 17.8 Å². The SMILES string of the molecule is CCCCCCCCCCCCCCCCCCCC(=O)OC[C@H](COP(=O)(O)OC[C@@H](O)COP(=O)(O)OC[C@@H](COC(=O)CCCCCCCCC(C)C)OC(=O)CCCCCCCCCCCCC(C)C)OC(=O)CCCCCCCCCCCCCCCCCCC(C)C. The molecule has 0 amide bonds. The highest BCUT2D eigenvalue weighted by molar-refractivity contribution is 7.47. The maximum Gasteiger partial charge on any atom is 0.472 e. The summed E-state index contributed by atoms with van der Waals surface area (Å²) in [6.07, 6.45) is 57.1. The summed E-state index contributed by atoms with van der Waals surface area (Å²) < 4.78 is 68.6. The average molecular weight is 1440 g/mol. The molecule has 2 unspecified atom stereocenters. The number of ether oxygens (including phenoxy) is 4. The van der Waals surface area contributed by atoms with Crippen LogP contribution in [0.2, 0.25) is 0 Å². The van der Waals surface area contributed by atoms with E-state index in [1.54, 1.807) is 0 Å². The van der Waals surface area contributed by atoms with Crippen LogP contribution in [0.15, 0.2) is 0 Å². The lowest BCUT2D eigenvalue weighted by molar-refractivity contribution is -0.161. The fraction of sp³-hybridized carbons (Fsp3) is 0.949. The highest BCUT2D eigenvalue weighted by atomic mass is 31.2. The Kier molecular flexibility index (Phi) is 68.1. The first-order chi connectivity index (χ1) is 47.2. The largest absolute Gasteiger partial charge is 0.472 e. The molecule has 0 fully saturated rings. The first-order valence-electron chi connectivity index (χ1n) is 40.8. The van der Waals surface area contributed by atoms with Gasteiger partial charge < -0.3 is 33.8 Å². The predicted molar refractivity (Wildman–Crippen MR) is 400 cm³/mol. The van der Waals surface area contributed by atoms with Gasteiger partial charge in [-0.2, -0.15) is 0 Å². The molecule has 0 radical (unpaired) electrons. The van der Waals surface area contributed by atoms with Gasteiger partial charge in [0.25, 0.3) is 0 Å². The van der Waals surface area contributed by atoms with Crippen molar-refractivity contribution in [2.75, 3.05) is 39.6 Å². The van der Waals surface area contributed by atoms with Gasteiger partial charge in [-0.3, -0.25) is 37.3 Å². The fourth-order valence-electron chi connectivity index (χ4n) is 12.1. The Hall–Kier alpha value is -1.94. The summed E-state index contributed by atoms with van der Waals surface area (Å²) in [6, 6.07) is 0. The van der Waals surface area contributed by atoms with Crippen molar-refractivity contribution in [3.63, 3.8) is 0 Å². The minimum Gasteiger partial charge on any atom is -0.462 e. The molecular formula is C79H154O17P2. The molecule has 0 aliphatic rings. The third-order valence-electron chi connectivity index (χ3n) is 18.4. The smallest absolute Gasteiger partial charge is 0.462 e. The van der Waals surface area contributed by atoms with Crippen LogP contribution in [-0.4, -0.2) is 96.7 Å². The number of unbranched alkanes of at least 4 members (excludes halogenated alkanes) is 45. The topological polar surface area (TPSA) is 237 Å². The van der Waals surface area contributed by atoms with Gasteiger partial charge in [-0.15, -0.1) is 0 Å². The second-order valence-corrected chi connectivity index (χ2v) is 32.8. The van der Waals surface area contributed by atoms with Crippen molar-refractivity contribution >= 4 is 39.5 Å². The van der Waals surface area contributed by atoms with Crippen LogP contribution < -0.4 is 0 Å². The van der Waals surface area contributed by atoms with Crippen LogP contribution in [0.5, 0.6) is 0 Å². The van der Waals surface area contributed by atoms with Gasteiger partial charge in [-0.25, -0.2) is 9.13 Å². The summed E-state index contributed by atoms with van der Waals surface area (Å²) in [5.74, 6) is 0.125. The van der Waals surface area contributed by atoms with E-state index in [9.17, 15) is 43.2 Å². The summed E-state index contributed by atoms with van der Waals surface area (Å²) in [5.41, 5.74) is 0. The first-order valence-corrected chi connectivity index (χ1v) is 43.8. The molecular weight excluding hydrogens is 1280 g/mol. The zero-order chi connectivity index (χ0) is 72.3. The van der Waals surface area contributed by atoms with Crippen LogP contribution in [0.4, 0.5) is 0 Å². The molecule has 17 nitrogen and oxygen atoms in total. The number of rotatable bonds is 77. The van der Waals surface area contributed by atoms with Crippen molar-refractivity contribution in [3.8, 4) is 0 Å². The van der Waals surface area contributed by atoms with Crippen LogP contribution in [0.3, 0.4) is 0 Å². The maximum atomic E-state index is 13.1. The highest BCUT2D eigenvalue weighted by Crippen LogP contribution is 2.45. The molecule has 3 N–H and O–H groups in total. The minimum absolute atomic E-state index is 0.105. The van der Waals surface area contributed by atoms with E-state index >= 15 is 0 Å². The van der Waals surface area contributed by atoms with E-state index < -0.39 is 97.5 Å². The summed E-state index contributed by atoms with van der Waals surface area (Å²) in [7, 11) is -9.92. The van der Waals surface area contributed by atoms with Gasteiger partial charge in [0.1, 0.15) is 19.3 Å². The lowest BCUT2D eigenvalue weighted by Crippen LogP contribution is -2.30. The fourth-order valence-corrected chi connectivity index (χ4v) is 13.7. The van der Waals surface area contributed by atoms with Crippen molar-refractivity contribution in [3.05, 3.63) is 0 Å². The Balaban J connectivity index is 5.22. The zero-order valence-electron chi connectivity index (χ0n) is 64.3. The Bertz CT molecular complexity index is 1900. The summed E-state index contributed by atoms with van der Waals surface area (Å²) in [6.45, 7) is 11.9. The number of esters is 4. The standard InChI is InChI=1S/C79H154O17P2/c1-8-9-10-11-12-13-14-15-16-17-21-24-27-33-38-46-53-60-76(81)89-66-74(95-78(83)62-55-48-39-34-28-25-22-19-18-20-23-26-31-36-43-50-57-70(2)3)68-93-97(85,86)91-64-73(80)65-92-98(87,88)94-69-75(67-90-77(82)61-54-47-42-41-45-52-59-72(6)7)96-79(84)63-56-49-40-35-30-29-32-37-44-51-58-71(4)5/h70-75,80H,8-69H2,1-7H3,(H,85,86)(H,87,88)/t73-,74-,75-/m1/s1. The molecule has 19 heteroatoms. The van der Waals surface area contributed by atoms with Gasteiger partial charge in [0.05, 0.1) is 26.4 Å². The van der Waals surface area contributed by atoms with Gasteiger partial charge in [0, 0.05) is 25.7 Å². The number of phosphoric acid groups is 2. The average Bonchev–Trinajstić information content (AvgIpc) is 0.953. The Labute approximate surface area is 600 Å². The van der Waals surface area contributed by atoms with Gasteiger partial charge in [-0.05, 0) is 43.4 Å². The van der Waals surface area contributed by atoms with Crippen LogP contribution in [-0.2, 0) is 65.4 Å². The van der Waals surface area contributed by atoms with Crippen molar-refractivity contribution in [1.82, 2.24) is 0 Å². The number of aliphatic hydroxyl groups is 1. The molecule has 0 rings (SSSR count). The van der Waals surface area contributed by atoms with E-state index in [-0.39, 0.29) is 25.7 Å². The van der Waals surface area contributed by atoms with E-state index in [1.807, 2.05) is 0 Å². The number of phosphoric ester groups is 2. The summed E-state index contributed by atoms with van der Waals surface area (Å²) in [5, 5.41) is 10.6. The predicted octanol–water partition coefficient (Wildman–Crippen LogP) is 23.4. The monoisotopic (exact) mass is 1440 g/mol. The van der Waals surface area contributed by atoms with Crippen molar-refractivity contribution < 1.29 is 80.2 Å². The van der Waals surface area contributed by atoms with Gasteiger partial charge in [-0.1, -0.05) is 357 Å². The molecule has 0 saturated carbocycles. The molecule has 0 aliphatic heterocycles. The molecule has 0 aromatic rings. The second kappa shape index (κ2) is 69.4. The minimum atomic E-state index is -4.96. The molecule has 0 spiro atoms. The maximum absolute atomic E-state index is 13.1. The van der Waals surface area contributed by atoms with E-state index in [0.717, 1.165) is 108 Å². The van der Waals surface area contributed by atoms with Crippen LogP contribution >= 0.6 is 15.6 Å². The highest BCUT2D eigenvalue weighted by Gasteiger charge is 2.30. The molecule has 0 bridgehead atoms. The van der Waals surface area contributed by atoms with Gasteiger partial charge in [0.15, 0.2) is 12.2 Å². The number of carbonyl (C=O) groups is 4. The Morgan fingerprint density at radius 3 is 0.694 bits per heavy atom. The summed E-state index contributed by atoms with van der Waals surface area (Å²) >= 11 is 0. The molecule has 582 valence electrons. The molecule has 0 saturated heterocycles. The normalized spacial score (nSPS) is 14.0. The molecule has 98 heavy (non-hydrogen) atoms. The molecule has 5 atom stereocenters. The summed E-state index contributed by atoms with van der Waals surface area (Å²) in [4.78, 5) is 72.9. The van der Waals surface area contributed by atoms with Crippen LogP contribution in [0, 0.1) is 17.8 Å². The van der Waals surface area contributed by atoms with Crippen molar-refractivity contribution in [2.45, 2.75) is 426 Å². The number of hydrogen-bond donors (Lipinski definition) is 3. The molecule has 0 aromatic carbocycles. The quantitative estimate of drug-likeness (QED) is 0.0222. The molecule has 0 aromatic heterocycles. The second-order valence-electron chi connectivity index (χ2n) is 29.9. The van der Waals surface area contributed by atoms with Gasteiger partial charge >= 0.3 is 39.5 Å². The third-order valence-corrected chi connectivity index (χ3v) is 20.3. The number of aliphatic hydroxyl groups excluding tert-OH is 1. The van der Waals surface area contributed by atoms with E-state index in [2.05, 4.69) is 48.5 Å². The lowest BCUT2D eigenvalue weighted by Gasteiger charge is -2.21. The van der Waals surface area contributed by atoms with Crippen LogP contribution in [0.25, 0.3) is 0 Å². The van der Waals surface area contributed by atoms with Gasteiger partial charge in [0.2, 0.25) is 0 Å². The first kappa shape index (κ1) is 96.1. The number of carbonyl (C=O) groups excluding carboxylic acids is 4. The lowest BCUT2D eigenvalue weighted by atomic mass is 10.0.